The average molecular weight is 323 g/mol. The van der Waals surface area contributed by atoms with Gasteiger partial charge in [0.2, 0.25) is 0 Å². The first-order valence-corrected chi connectivity index (χ1v) is 8.28. The second kappa shape index (κ2) is 8.25. The van der Waals surface area contributed by atoms with Crippen LogP contribution in [0.2, 0.25) is 0 Å². The quantitative estimate of drug-likeness (QED) is 0.837. The van der Waals surface area contributed by atoms with E-state index in [0.717, 1.165) is 13.1 Å². The summed E-state index contributed by atoms with van der Waals surface area (Å²) >= 11 is 1.31. The lowest BCUT2D eigenvalue weighted by molar-refractivity contribution is 0.0112. The number of carbonyl (C=O) groups excluding carboxylic acids is 1. The second-order valence-corrected chi connectivity index (χ2v) is 6.10. The monoisotopic (exact) mass is 323 g/mol. The predicted molar refractivity (Wildman–Crippen MR) is 83.9 cm³/mol. The highest BCUT2D eigenvalue weighted by Gasteiger charge is 2.25. The maximum Gasteiger partial charge on any atom is 0.265 e. The van der Waals surface area contributed by atoms with Crippen LogP contribution in [0.3, 0.4) is 0 Å². The highest BCUT2D eigenvalue weighted by atomic mass is 32.1. The maximum atomic E-state index is 12.4. The Balaban J connectivity index is 1.82. The first kappa shape index (κ1) is 16.9. The zero-order valence-electron chi connectivity index (χ0n) is 12.7. The minimum atomic E-state index is -0.496. The summed E-state index contributed by atoms with van der Waals surface area (Å²) in [5, 5.41) is 20.6. The smallest absolute Gasteiger partial charge is 0.265 e. The van der Waals surface area contributed by atoms with Crippen LogP contribution in [0.25, 0.3) is 0 Å². The van der Waals surface area contributed by atoms with Crippen LogP contribution >= 0.6 is 11.3 Å². The first-order chi connectivity index (χ1) is 10.7. The topological polar surface area (TPSA) is 76.8 Å². The molecule has 0 saturated carbocycles. The van der Waals surface area contributed by atoms with Crippen molar-refractivity contribution in [3.63, 3.8) is 0 Å². The third-order valence-electron chi connectivity index (χ3n) is 3.62. The lowest BCUT2D eigenvalue weighted by atomic mass is 10.2. The molecule has 0 spiro atoms. The van der Waals surface area contributed by atoms with Crippen LogP contribution in [0.1, 0.15) is 22.2 Å². The van der Waals surface area contributed by atoms with E-state index in [2.05, 4.69) is 11.0 Å². The molecule has 1 atom stereocenters. The summed E-state index contributed by atoms with van der Waals surface area (Å²) in [6.45, 7) is 6.08. The number of rotatable bonds is 6. The minimum absolute atomic E-state index is 0.0685. The molecule has 1 aliphatic heterocycles. The Morgan fingerprint density at radius 1 is 1.50 bits per heavy atom. The number of hydrogen-bond acceptors (Lipinski definition) is 6. The summed E-state index contributed by atoms with van der Waals surface area (Å²) in [7, 11) is 0. The van der Waals surface area contributed by atoms with E-state index in [1.165, 1.54) is 11.3 Å². The van der Waals surface area contributed by atoms with E-state index in [-0.39, 0.29) is 5.91 Å². The van der Waals surface area contributed by atoms with Gasteiger partial charge in [-0.2, -0.15) is 5.26 Å². The van der Waals surface area contributed by atoms with Crippen molar-refractivity contribution in [1.82, 2.24) is 9.80 Å². The molecule has 1 unspecified atom stereocenters. The van der Waals surface area contributed by atoms with Gasteiger partial charge in [-0.15, -0.1) is 11.3 Å². The number of hydrogen-bond donors (Lipinski definition) is 1. The molecule has 1 saturated heterocycles. The van der Waals surface area contributed by atoms with Crippen molar-refractivity contribution in [2.75, 3.05) is 45.9 Å². The number of piperazine rings is 1. The van der Waals surface area contributed by atoms with Gasteiger partial charge in [0.15, 0.2) is 0 Å². The summed E-state index contributed by atoms with van der Waals surface area (Å²) in [5.41, 5.74) is 0.449. The Morgan fingerprint density at radius 3 is 2.86 bits per heavy atom. The van der Waals surface area contributed by atoms with Gasteiger partial charge in [-0.3, -0.25) is 9.69 Å². The molecule has 1 N–H and O–H groups in total. The number of nitriles is 1. The largest absolute Gasteiger partial charge is 0.389 e. The second-order valence-electron chi connectivity index (χ2n) is 5.18. The average Bonchev–Trinajstić information content (AvgIpc) is 3.01. The van der Waals surface area contributed by atoms with Gasteiger partial charge >= 0.3 is 0 Å². The van der Waals surface area contributed by atoms with Crippen molar-refractivity contribution in [1.29, 1.82) is 5.26 Å². The number of aliphatic hydroxyl groups excluding tert-OH is 1. The zero-order valence-corrected chi connectivity index (χ0v) is 13.5. The van der Waals surface area contributed by atoms with E-state index in [0.29, 0.717) is 43.3 Å². The molecule has 0 bridgehead atoms. The standard InChI is InChI=1S/C15H21N3O3S/c1-2-21-11-13(19)10-17-4-6-18(7-5-17)15(20)14-12(9-16)3-8-22-14/h3,8,13,19H,2,4-7,10-11H2,1H3. The van der Waals surface area contributed by atoms with Crippen molar-refractivity contribution in [3.05, 3.63) is 21.9 Å². The molecular formula is C15H21N3O3S. The van der Waals surface area contributed by atoms with E-state index in [1.54, 1.807) is 16.3 Å². The fourth-order valence-corrected chi connectivity index (χ4v) is 3.26. The Hall–Kier alpha value is -1.46. The highest BCUT2D eigenvalue weighted by Crippen LogP contribution is 2.19. The Morgan fingerprint density at radius 2 is 2.23 bits per heavy atom. The first-order valence-electron chi connectivity index (χ1n) is 7.40. The lowest BCUT2D eigenvalue weighted by Crippen LogP contribution is -2.50. The zero-order chi connectivity index (χ0) is 15.9. The molecule has 1 aromatic heterocycles. The molecular weight excluding hydrogens is 302 g/mol. The SMILES string of the molecule is CCOCC(O)CN1CCN(C(=O)c2sccc2C#N)CC1. The van der Waals surface area contributed by atoms with Crippen LogP contribution in [0, 0.1) is 11.3 Å². The predicted octanol–water partition coefficient (Wildman–Crippen LogP) is 0.775. The Kier molecular flexibility index (Phi) is 6.34. The Bertz CT molecular complexity index is 532. The normalized spacial score (nSPS) is 17.2. The van der Waals surface area contributed by atoms with Gasteiger partial charge in [-0.05, 0) is 18.4 Å². The molecule has 1 aromatic rings. The lowest BCUT2D eigenvalue weighted by Gasteiger charge is -2.35. The van der Waals surface area contributed by atoms with Crippen LogP contribution in [-0.4, -0.2) is 72.9 Å². The van der Waals surface area contributed by atoms with Gasteiger partial charge in [-0.1, -0.05) is 0 Å². The molecule has 0 aliphatic carbocycles. The van der Waals surface area contributed by atoms with Gasteiger partial charge in [-0.25, -0.2) is 0 Å². The number of carbonyl (C=O) groups is 1. The number of thiophene rings is 1. The number of ether oxygens (including phenoxy) is 1. The fourth-order valence-electron chi connectivity index (χ4n) is 2.44. The summed E-state index contributed by atoms with van der Waals surface area (Å²) in [6, 6.07) is 3.73. The summed E-state index contributed by atoms with van der Waals surface area (Å²) in [5.74, 6) is -0.0685. The fraction of sp³-hybridized carbons (Fsp3) is 0.600. The third kappa shape index (κ3) is 4.27. The van der Waals surface area contributed by atoms with E-state index >= 15 is 0 Å². The minimum Gasteiger partial charge on any atom is -0.389 e. The molecule has 0 aromatic carbocycles. The molecule has 1 aliphatic rings. The molecule has 120 valence electrons. The van der Waals surface area contributed by atoms with E-state index in [9.17, 15) is 9.90 Å². The van der Waals surface area contributed by atoms with E-state index < -0.39 is 6.10 Å². The molecule has 22 heavy (non-hydrogen) atoms. The van der Waals surface area contributed by atoms with Crippen molar-refractivity contribution in [2.24, 2.45) is 0 Å². The summed E-state index contributed by atoms with van der Waals surface area (Å²) in [4.78, 5) is 16.8. The highest BCUT2D eigenvalue weighted by molar-refractivity contribution is 7.12. The van der Waals surface area contributed by atoms with Gasteiger partial charge < -0.3 is 14.7 Å². The van der Waals surface area contributed by atoms with Crippen LogP contribution < -0.4 is 0 Å². The number of amides is 1. The van der Waals surface area contributed by atoms with E-state index in [1.807, 2.05) is 6.92 Å². The molecule has 2 heterocycles. The van der Waals surface area contributed by atoms with Crippen molar-refractivity contribution >= 4 is 17.2 Å². The van der Waals surface area contributed by atoms with E-state index in [4.69, 9.17) is 10.00 Å². The van der Waals surface area contributed by atoms with Crippen molar-refractivity contribution in [2.45, 2.75) is 13.0 Å². The molecule has 7 heteroatoms. The number of nitrogens with zero attached hydrogens (tertiary/aromatic N) is 3. The molecule has 1 fully saturated rings. The van der Waals surface area contributed by atoms with Crippen LogP contribution in [0.15, 0.2) is 11.4 Å². The van der Waals surface area contributed by atoms with Gasteiger partial charge in [0.05, 0.1) is 18.3 Å². The number of β-amino-alcohol motifs (C(OH)–C–C–N with tert-alkyl or cyclic N) is 1. The maximum absolute atomic E-state index is 12.4. The van der Waals surface area contributed by atoms with Crippen LogP contribution in [0.4, 0.5) is 0 Å². The molecule has 1 amide bonds. The molecule has 6 nitrogen and oxygen atoms in total. The molecule has 0 radical (unpaired) electrons. The third-order valence-corrected chi connectivity index (χ3v) is 4.53. The van der Waals surface area contributed by atoms with Crippen molar-refractivity contribution in [3.8, 4) is 6.07 Å². The van der Waals surface area contributed by atoms with Gasteiger partial charge in [0.25, 0.3) is 5.91 Å². The summed E-state index contributed by atoms with van der Waals surface area (Å²) in [6.07, 6.45) is -0.496. The summed E-state index contributed by atoms with van der Waals surface area (Å²) < 4.78 is 5.20. The molecule has 2 rings (SSSR count). The van der Waals surface area contributed by atoms with Gasteiger partial charge in [0, 0.05) is 39.3 Å². The van der Waals surface area contributed by atoms with Crippen molar-refractivity contribution < 1.29 is 14.6 Å². The number of aliphatic hydroxyl groups is 1. The van der Waals surface area contributed by atoms with Crippen LogP contribution in [0.5, 0.6) is 0 Å². The Labute approximate surface area is 134 Å². The van der Waals surface area contributed by atoms with Gasteiger partial charge in [0.1, 0.15) is 10.9 Å². The van der Waals surface area contributed by atoms with Crippen LogP contribution in [-0.2, 0) is 4.74 Å².